The van der Waals surface area contributed by atoms with E-state index < -0.39 is 0 Å². The van der Waals surface area contributed by atoms with E-state index in [1.807, 2.05) is 6.07 Å². The summed E-state index contributed by atoms with van der Waals surface area (Å²) in [5.41, 5.74) is 3.06. The second kappa shape index (κ2) is 7.65. The number of piperidine rings is 1. The van der Waals surface area contributed by atoms with Gasteiger partial charge in [0.1, 0.15) is 11.3 Å². The molecule has 138 valence electrons. The number of nitrogens with one attached hydrogen (secondary N) is 1. The molecule has 1 saturated heterocycles. The van der Waals surface area contributed by atoms with Crippen molar-refractivity contribution < 1.29 is 9.18 Å². The highest BCUT2D eigenvalue weighted by Gasteiger charge is 2.26. The van der Waals surface area contributed by atoms with E-state index >= 15 is 0 Å². The number of aromatic nitrogens is 3. The molecule has 1 aromatic carbocycles. The average molecular weight is 365 g/mol. The number of halogens is 1. The van der Waals surface area contributed by atoms with Crippen molar-refractivity contribution in [1.29, 1.82) is 0 Å². The minimum atomic E-state index is -0.294. The van der Waals surface area contributed by atoms with Crippen molar-refractivity contribution in [3.8, 4) is 0 Å². The number of fused-ring (bicyclic) bond motifs is 1. The lowest BCUT2D eigenvalue weighted by Gasteiger charge is -2.33. The molecule has 3 heterocycles. The van der Waals surface area contributed by atoms with Crippen molar-refractivity contribution in [2.45, 2.75) is 19.4 Å². The number of carbonyl (C=O) groups is 1. The molecule has 0 aliphatic carbocycles. The first-order valence-corrected chi connectivity index (χ1v) is 9.03. The van der Waals surface area contributed by atoms with E-state index in [2.05, 4.69) is 25.2 Å². The molecule has 1 fully saturated rings. The number of benzene rings is 1. The molecule has 0 unspecified atom stereocenters. The summed E-state index contributed by atoms with van der Waals surface area (Å²) in [6.07, 6.45) is 6.81. The quantitative estimate of drug-likeness (QED) is 0.770. The molecule has 3 aromatic rings. The number of amides is 1. The van der Waals surface area contributed by atoms with E-state index in [0.717, 1.165) is 36.2 Å². The predicted octanol–water partition coefficient (Wildman–Crippen LogP) is 2.70. The fraction of sp³-hybridized carbons (Fsp3) is 0.300. The van der Waals surface area contributed by atoms with Gasteiger partial charge in [-0.3, -0.25) is 9.78 Å². The summed E-state index contributed by atoms with van der Waals surface area (Å²) in [6, 6.07) is 8.25. The summed E-state index contributed by atoms with van der Waals surface area (Å²) in [7, 11) is 0. The van der Waals surface area contributed by atoms with Gasteiger partial charge in [0.25, 0.3) is 0 Å². The standard InChI is InChI=1S/C20H20FN5O/c21-16-5-1-3-14(9-16)11-25-20(27)15-4-2-8-26(13-15)17-10-18-19(24-12-17)23-7-6-22-18/h1,3,5-7,9-10,12,15H,2,4,8,11,13H2,(H,25,27)/t15-/m1/s1. The summed E-state index contributed by atoms with van der Waals surface area (Å²) >= 11 is 0. The molecule has 2 aromatic heterocycles. The van der Waals surface area contributed by atoms with Gasteiger partial charge in [-0.1, -0.05) is 12.1 Å². The zero-order chi connectivity index (χ0) is 18.6. The number of rotatable bonds is 4. The van der Waals surface area contributed by atoms with Crippen molar-refractivity contribution in [1.82, 2.24) is 20.3 Å². The lowest BCUT2D eigenvalue weighted by Crippen LogP contribution is -2.43. The summed E-state index contributed by atoms with van der Waals surface area (Å²) in [5.74, 6) is -0.403. The van der Waals surface area contributed by atoms with Crippen molar-refractivity contribution in [3.05, 3.63) is 60.3 Å². The van der Waals surface area contributed by atoms with E-state index in [9.17, 15) is 9.18 Å². The summed E-state index contributed by atoms with van der Waals surface area (Å²) < 4.78 is 13.3. The normalized spacial score (nSPS) is 17.1. The van der Waals surface area contributed by atoms with Crippen LogP contribution in [0.3, 0.4) is 0 Å². The molecular formula is C20H20FN5O. The molecule has 1 N–H and O–H groups in total. The highest BCUT2D eigenvalue weighted by Crippen LogP contribution is 2.24. The molecule has 0 saturated carbocycles. The molecule has 7 heteroatoms. The van der Waals surface area contributed by atoms with Gasteiger partial charge in [0.15, 0.2) is 5.65 Å². The molecule has 0 bridgehead atoms. The maximum atomic E-state index is 13.3. The topological polar surface area (TPSA) is 71.0 Å². The third-order valence-electron chi connectivity index (χ3n) is 4.82. The van der Waals surface area contributed by atoms with Crippen LogP contribution in [-0.2, 0) is 11.3 Å². The molecule has 0 spiro atoms. The SMILES string of the molecule is O=C(NCc1cccc(F)c1)[C@@H]1CCCN(c2cnc3nccnc3c2)C1. The minimum Gasteiger partial charge on any atom is -0.369 e. The van der Waals surface area contributed by atoms with Crippen LogP contribution < -0.4 is 10.2 Å². The van der Waals surface area contributed by atoms with Crippen LogP contribution in [0.1, 0.15) is 18.4 Å². The number of nitrogens with zero attached hydrogens (tertiary/aromatic N) is 4. The third kappa shape index (κ3) is 4.02. The Morgan fingerprint density at radius 3 is 3.00 bits per heavy atom. The van der Waals surface area contributed by atoms with Gasteiger partial charge in [0.05, 0.1) is 17.8 Å². The van der Waals surface area contributed by atoms with Crippen LogP contribution in [0.5, 0.6) is 0 Å². The maximum Gasteiger partial charge on any atom is 0.225 e. The number of anilines is 1. The Hall–Kier alpha value is -3.09. The summed E-state index contributed by atoms with van der Waals surface area (Å²) in [4.78, 5) is 27.6. The zero-order valence-electron chi connectivity index (χ0n) is 14.8. The van der Waals surface area contributed by atoms with Gasteiger partial charge >= 0.3 is 0 Å². The van der Waals surface area contributed by atoms with E-state index in [-0.39, 0.29) is 17.6 Å². The monoisotopic (exact) mass is 365 g/mol. The number of pyridine rings is 1. The first-order chi connectivity index (χ1) is 13.2. The van der Waals surface area contributed by atoms with Gasteiger partial charge in [0.2, 0.25) is 5.91 Å². The van der Waals surface area contributed by atoms with Crippen LogP contribution in [0, 0.1) is 11.7 Å². The van der Waals surface area contributed by atoms with Crippen LogP contribution in [-0.4, -0.2) is 33.9 Å². The lowest BCUT2D eigenvalue weighted by molar-refractivity contribution is -0.125. The van der Waals surface area contributed by atoms with Crippen molar-refractivity contribution in [2.24, 2.45) is 5.92 Å². The fourth-order valence-electron chi connectivity index (χ4n) is 3.43. The largest absolute Gasteiger partial charge is 0.369 e. The molecule has 1 aliphatic heterocycles. The van der Waals surface area contributed by atoms with Gasteiger partial charge in [-0.15, -0.1) is 0 Å². The molecule has 0 radical (unpaired) electrons. The molecule has 1 atom stereocenters. The van der Waals surface area contributed by atoms with Crippen LogP contribution >= 0.6 is 0 Å². The van der Waals surface area contributed by atoms with E-state index in [0.29, 0.717) is 18.7 Å². The van der Waals surface area contributed by atoms with Gasteiger partial charge in [-0.25, -0.2) is 14.4 Å². The highest BCUT2D eigenvalue weighted by atomic mass is 19.1. The number of hydrogen-bond acceptors (Lipinski definition) is 5. The Kier molecular flexibility index (Phi) is 4.91. The van der Waals surface area contributed by atoms with Gasteiger partial charge in [-0.05, 0) is 36.6 Å². The summed E-state index contributed by atoms with van der Waals surface area (Å²) in [6.45, 7) is 1.84. The van der Waals surface area contributed by atoms with Crippen LogP contribution in [0.2, 0.25) is 0 Å². The van der Waals surface area contributed by atoms with Gasteiger partial charge in [0, 0.05) is 32.0 Å². The Morgan fingerprint density at radius 2 is 2.11 bits per heavy atom. The third-order valence-corrected chi connectivity index (χ3v) is 4.82. The van der Waals surface area contributed by atoms with Crippen LogP contribution in [0.25, 0.3) is 11.2 Å². The summed E-state index contributed by atoms with van der Waals surface area (Å²) in [5, 5.41) is 2.93. The average Bonchev–Trinajstić information content (AvgIpc) is 2.72. The van der Waals surface area contributed by atoms with E-state index in [1.165, 1.54) is 12.1 Å². The Labute approximate surface area is 156 Å². The maximum absolute atomic E-state index is 13.3. The zero-order valence-corrected chi connectivity index (χ0v) is 14.8. The van der Waals surface area contributed by atoms with Crippen molar-refractivity contribution in [3.63, 3.8) is 0 Å². The Balaban J connectivity index is 1.41. The van der Waals surface area contributed by atoms with E-state index in [1.54, 1.807) is 30.7 Å². The molecule has 1 aliphatic rings. The van der Waals surface area contributed by atoms with Gasteiger partial charge in [-0.2, -0.15) is 0 Å². The second-order valence-electron chi connectivity index (χ2n) is 6.73. The fourth-order valence-corrected chi connectivity index (χ4v) is 3.43. The second-order valence-corrected chi connectivity index (χ2v) is 6.73. The highest BCUT2D eigenvalue weighted by molar-refractivity contribution is 5.80. The Morgan fingerprint density at radius 1 is 1.22 bits per heavy atom. The minimum absolute atomic E-state index is 0.00231. The number of hydrogen-bond donors (Lipinski definition) is 1. The van der Waals surface area contributed by atoms with Crippen molar-refractivity contribution in [2.75, 3.05) is 18.0 Å². The molecule has 4 rings (SSSR count). The molecular weight excluding hydrogens is 345 g/mol. The smallest absolute Gasteiger partial charge is 0.225 e. The molecule has 27 heavy (non-hydrogen) atoms. The molecule has 6 nitrogen and oxygen atoms in total. The van der Waals surface area contributed by atoms with Crippen molar-refractivity contribution >= 4 is 22.8 Å². The first-order valence-electron chi connectivity index (χ1n) is 9.03. The first kappa shape index (κ1) is 17.3. The lowest BCUT2D eigenvalue weighted by atomic mass is 9.96. The Bertz CT molecular complexity index is 964. The van der Waals surface area contributed by atoms with Crippen LogP contribution in [0.4, 0.5) is 10.1 Å². The predicted molar refractivity (Wildman–Crippen MR) is 101 cm³/mol. The number of carbonyl (C=O) groups excluding carboxylic acids is 1. The molecule has 1 amide bonds. The van der Waals surface area contributed by atoms with E-state index in [4.69, 9.17) is 0 Å². The van der Waals surface area contributed by atoms with Gasteiger partial charge < -0.3 is 10.2 Å². The van der Waals surface area contributed by atoms with Crippen LogP contribution in [0.15, 0.2) is 48.9 Å².